The second kappa shape index (κ2) is 6.46. The Labute approximate surface area is 123 Å². The number of carboxylic acid groups (broad SMARTS) is 1. The Morgan fingerprint density at radius 2 is 1.80 bits per heavy atom. The van der Waals surface area contributed by atoms with Gasteiger partial charge in [0.15, 0.2) is 0 Å². The molecule has 3 atom stereocenters. The standard InChI is InChI=1S/C17H30O3/c1-17(2,3)14-4-5-15(16(18)19)13(11-14)10-12-6-8-20-9-7-12/h12-15H,4-11H2,1-3H3,(H,18,19). The number of carboxylic acids is 1. The van der Waals surface area contributed by atoms with Crippen molar-refractivity contribution in [2.75, 3.05) is 13.2 Å². The Balaban J connectivity index is 2.00. The summed E-state index contributed by atoms with van der Waals surface area (Å²) >= 11 is 0. The minimum atomic E-state index is -0.575. The molecule has 1 aliphatic heterocycles. The first kappa shape index (κ1) is 15.8. The van der Waals surface area contributed by atoms with Gasteiger partial charge in [-0.25, -0.2) is 0 Å². The molecule has 20 heavy (non-hydrogen) atoms. The molecule has 0 bridgehead atoms. The summed E-state index contributed by atoms with van der Waals surface area (Å²) in [5.74, 6) is 1.02. The van der Waals surface area contributed by atoms with E-state index in [-0.39, 0.29) is 5.92 Å². The molecular formula is C17H30O3. The zero-order valence-corrected chi connectivity index (χ0v) is 13.2. The maximum atomic E-state index is 11.5. The summed E-state index contributed by atoms with van der Waals surface area (Å²) in [5.41, 5.74) is 0.303. The molecule has 1 saturated heterocycles. The largest absolute Gasteiger partial charge is 0.481 e. The van der Waals surface area contributed by atoms with Gasteiger partial charge in [0.2, 0.25) is 0 Å². The third-order valence-corrected chi connectivity index (χ3v) is 5.50. The van der Waals surface area contributed by atoms with E-state index in [9.17, 15) is 9.90 Å². The minimum absolute atomic E-state index is 0.114. The average molecular weight is 282 g/mol. The molecule has 3 nitrogen and oxygen atoms in total. The highest BCUT2D eigenvalue weighted by Gasteiger charge is 2.39. The van der Waals surface area contributed by atoms with Crippen LogP contribution in [0.15, 0.2) is 0 Å². The van der Waals surface area contributed by atoms with Crippen LogP contribution in [0.5, 0.6) is 0 Å². The van der Waals surface area contributed by atoms with Crippen LogP contribution in [-0.4, -0.2) is 24.3 Å². The van der Waals surface area contributed by atoms with Gasteiger partial charge < -0.3 is 9.84 Å². The molecular weight excluding hydrogens is 252 g/mol. The third kappa shape index (κ3) is 3.97. The van der Waals surface area contributed by atoms with Gasteiger partial charge in [-0.1, -0.05) is 20.8 Å². The highest BCUT2D eigenvalue weighted by atomic mass is 16.5. The number of carbonyl (C=O) groups is 1. The van der Waals surface area contributed by atoms with E-state index in [0.717, 1.165) is 51.7 Å². The first-order valence-corrected chi connectivity index (χ1v) is 8.18. The minimum Gasteiger partial charge on any atom is -0.481 e. The first-order chi connectivity index (χ1) is 9.38. The fourth-order valence-electron chi connectivity index (χ4n) is 4.05. The maximum Gasteiger partial charge on any atom is 0.306 e. The van der Waals surface area contributed by atoms with Crippen LogP contribution in [0.3, 0.4) is 0 Å². The van der Waals surface area contributed by atoms with Crippen molar-refractivity contribution >= 4 is 5.97 Å². The molecule has 1 heterocycles. The summed E-state index contributed by atoms with van der Waals surface area (Å²) in [6, 6.07) is 0. The first-order valence-electron chi connectivity index (χ1n) is 8.18. The van der Waals surface area contributed by atoms with Gasteiger partial charge in [-0.2, -0.15) is 0 Å². The molecule has 2 rings (SSSR count). The van der Waals surface area contributed by atoms with E-state index in [1.165, 1.54) is 0 Å². The van der Waals surface area contributed by atoms with E-state index in [2.05, 4.69) is 20.8 Å². The number of ether oxygens (including phenoxy) is 1. The molecule has 3 heteroatoms. The normalized spacial score (nSPS) is 33.0. The Kier molecular flexibility index (Phi) is 5.11. The summed E-state index contributed by atoms with van der Waals surface area (Å²) in [6.45, 7) is 8.61. The third-order valence-electron chi connectivity index (χ3n) is 5.50. The molecule has 2 fully saturated rings. The quantitative estimate of drug-likeness (QED) is 0.852. The van der Waals surface area contributed by atoms with E-state index in [0.29, 0.717) is 23.2 Å². The van der Waals surface area contributed by atoms with E-state index < -0.39 is 5.97 Å². The summed E-state index contributed by atoms with van der Waals surface area (Å²) in [6.07, 6.45) is 6.35. The second-order valence-electron chi connectivity index (χ2n) is 7.87. The molecule has 3 unspecified atom stereocenters. The van der Waals surface area contributed by atoms with E-state index >= 15 is 0 Å². The summed E-state index contributed by atoms with van der Waals surface area (Å²) in [4.78, 5) is 11.5. The van der Waals surface area contributed by atoms with Crippen molar-refractivity contribution in [3.05, 3.63) is 0 Å². The van der Waals surface area contributed by atoms with Crippen LogP contribution in [-0.2, 0) is 9.53 Å². The van der Waals surface area contributed by atoms with Crippen molar-refractivity contribution in [1.82, 2.24) is 0 Å². The van der Waals surface area contributed by atoms with E-state index in [4.69, 9.17) is 4.74 Å². The van der Waals surface area contributed by atoms with Crippen LogP contribution in [0.25, 0.3) is 0 Å². The Morgan fingerprint density at radius 1 is 1.15 bits per heavy atom. The number of rotatable bonds is 3. The van der Waals surface area contributed by atoms with Crippen molar-refractivity contribution in [2.45, 2.75) is 59.3 Å². The molecule has 1 N–H and O–H groups in total. The van der Waals surface area contributed by atoms with E-state index in [1.54, 1.807) is 0 Å². The highest BCUT2D eigenvalue weighted by Crippen LogP contribution is 2.45. The van der Waals surface area contributed by atoms with Gasteiger partial charge in [-0.05, 0) is 61.7 Å². The van der Waals surface area contributed by atoms with Crippen molar-refractivity contribution in [3.8, 4) is 0 Å². The lowest BCUT2D eigenvalue weighted by Crippen LogP contribution is -2.36. The van der Waals surface area contributed by atoms with Crippen LogP contribution in [0, 0.1) is 29.1 Å². The topological polar surface area (TPSA) is 46.5 Å². The van der Waals surface area contributed by atoms with Gasteiger partial charge in [0.1, 0.15) is 0 Å². The van der Waals surface area contributed by atoms with Crippen LogP contribution in [0.2, 0.25) is 0 Å². The molecule has 0 aromatic rings. The molecule has 1 saturated carbocycles. The monoisotopic (exact) mass is 282 g/mol. The summed E-state index contributed by atoms with van der Waals surface area (Å²) in [5, 5.41) is 9.50. The van der Waals surface area contributed by atoms with Crippen molar-refractivity contribution in [1.29, 1.82) is 0 Å². The van der Waals surface area contributed by atoms with Gasteiger partial charge in [0, 0.05) is 13.2 Å². The molecule has 0 radical (unpaired) electrons. The van der Waals surface area contributed by atoms with Crippen LogP contribution in [0.1, 0.15) is 59.3 Å². The zero-order chi connectivity index (χ0) is 14.8. The predicted molar refractivity (Wildman–Crippen MR) is 79.6 cm³/mol. The van der Waals surface area contributed by atoms with Crippen LogP contribution in [0.4, 0.5) is 0 Å². The molecule has 0 spiro atoms. The van der Waals surface area contributed by atoms with Crippen molar-refractivity contribution in [2.24, 2.45) is 29.1 Å². The van der Waals surface area contributed by atoms with Gasteiger partial charge >= 0.3 is 5.97 Å². The Bertz CT molecular complexity index is 326. The SMILES string of the molecule is CC(C)(C)C1CCC(C(=O)O)C(CC2CCOCC2)C1. The lowest BCUT2D eigenvalue weighted by molar-refractivity contribution is -0.146. The Hall–Kier alpha value is -0.570. The number of hydrogen-bond donors (Lipinski definition) is 1. The Morgan fingerprint density at radius 3 is 2.35 bits per heavy atom. The molecule has 0 aromatic carbocycles. The molecule has 1 aliphatic carbocycles. The van der Waals surface area contributed by atoms with E-state index in [1.807, 2.05) is 0 Å². The fraction of sp³-hybridized carbons (Fsp3) is 0.941. The summed E-state index contributed by atoms with van der Waals surface area (Å²) in [7, 11) is 0. The average Bonchev–Trinajstić information content (AvgIpc) is 2.38. The van der Waals surface area contributed by atoms with Gasteiger partial charge in [0.05, 0.1) is 5.92 Å². The van der Waals surface area contributed by atoms with Gasteiger partial charge in [-0.15, -0.1) is 0 Å². The zero-order valence-electron chi connectivity index (χ0n) is 13.2. The summed E-state index contributed by atoms with van der Waals surface area (Å²) < 4.78 is 5.42. The predicted octanol–water partition coefficient (Wildman–Crippen LogP) is 3.97. The smallest absolute Gasteiger partial charge is 0.306 e. The fourth-order valence-corrected chi connectivity index (χ4v) is 4.05. The lowest BCUT2D eigenvalue weighted by Gasteiger charge is -2.42. The molecule has 0 amide bonds. The number of aliphatic carboxylic acids is 1. The number of hydrogen-bond acceptors (Lipinski definition) is 2. The van der Waals surface area contributed by atoms with Crippen LogP contribution < -0.4 is 0 Å². The second-order valence-corrected chi connectivity index (χ2v) is 7.87. The van der Waals surface area contributed by atoms with Crippen molar-refractivity contribution in [3.63, 3.8) is 0 Å². The lowest BCUT2D eigenvalue weighted by atomic mass is 9.63. The molecule has 116 valence electrons. The van der Waals surface area contributed by atoms with Gasteiger partial charge in [-0.3, -0.25) is 4.79 Å². The van der Waals surface area contributed by atoms with Crippen molar-refractivity contribution < 1.29 is 14.6 Å². The molecule has 2 aliphatic rings. The maximum absolute atomic E-state index is 11.5. The van der Waals surface area contributed by atoms with Gasteiger partial charge in [0.25, 0.3) is 0 Å². The molecule has 0 aromatic heterocycles. The highest BCUT2D eigenvalue weighted by molar-refractivity contribution is 5.70. The van der Waals surface area contributed by atoms with Crippen LogP contribution >= 0.6 is 0 Å².